The minimum Gasteiger partial charge on any atom is -0.381 e. The number of nitrogens with one attached hydrogen (secondary N) is 3. The first kappa shape index (κ1) is 25.5. The minimum absolute atomic E-state index is 0.0997. The monoisotopic (exact) mass is 492 g/mol. The van der Waals surface area contributed by atoms with E-state index in [1.807, 2.05) is 30.3 Å². The Morgan fingerprint density at radius 3 is 2.36 bits per heavy atom. The standard InChI is InChI=1S/C27H32N4O5/c32-23(25(34)29-18-21-9-4-5-14-28-21)22(17-19-7-2-1-3-8-19)30-26(35)27(12-6-13-27)31-24(33)20-10-15-36-16-11-20/h1-5,7-9,14,20,22H,6,10-13,15-18H2,(H,29,34)(H,30,35)(H,31,33)/t22-/m1/s1. The van der Waals surface area contributed by atoms with Gasteiger partial charge in [0.1, 0.15) is 11.6 Å². The Hall–Kier alpha value is -3.59. The number of hydrogen-bond acceptors (Lipinski definition) is 6. The molecule has 1 saturated carbocycles. The zero-order valence-electron chi connectivity index (χ0n) is 20.2. The van der Waals surface area contributed by atoms with E-state index in [4.69, 9.17) is 4.74 Å². The van der Waals surface area contributed by atoms with Crippen molar-refractivity contribution in [2.24, 2.45) is 5.92 Å². The number of rotatable bonds is 10. The Morgan fingerprint density at radius 2 is 1.72 bits per heavy atom. The Labute approximate surface area is 210 Å². The maximum atomic E-state index is 13.4. The van der Waals surface area contributed by atoms with Gasteiger partial charge in [-0.3, -0.25) is 24.2 Å². The summed E-state index contributed by atoms with van der Waals surface area (Å²) in [6, 6.07) is 13.4. The molecule has 1 aromatic heterocycles. The van der Waals surface area contributed by atoms with Crippen LogP contribution in [0.5, 0.6) is 0 Å². The first-order valence-corrected chi connectivity index (χ1v) is 12.4. The van der Waals surface area contributed by atoms with Gasteiger partial charge >= 0.3 is 0 Å². The summed E-state index contributed by atoms with van der Waals surface area (Å²) in [4.78, 5) is 56.3. The molecular formula is C27H32N4O5. The number of aromatic nitrogens is 1. The van der Waals surface area contributed by atoms with Gasteiger partial charge in [-0.15, -0.1) is 0 Å². The van der Waals surface area contributed by atoms with E-state index < -0.39 is 29.2 Å². The number of ether oxygens (including phenoxy) is 1. The number of hydrogen-bond donors (Lipinski definition) is 3. The lowest BCUT2D eigenvalue weighted by molar-refractivity contribution is -0.143. The molecule has 36 heavy (non-hydrogen) atoms. The van der Waals surface area contributed by atoms with Crippen LogP contribution in [-0.4, -0.2) is 53.3 Å². The third kappa shape index (κ3) is 6.34. The van der Waals surface area contributed by atoms with E-state index in [1.54, 1.807) is 24.4 Å². The summed E-state index contributed by atoms with van der Waals surface area (Å²) in [5.41, 5.74) is 0.365. The second kappa shape index (κ2) is 11.9. The maximum absolute atomic E-state index is 13.4. The van der Waals surface area contributed by atoms with E-state index in [0.717, 1.165) is 12.0 Å². The second-order valence-electron chi connectivity index (χ2n) is 9.40. The smallest absolute Gasteiger partial charge is 0.289 e. The van der Waals surface area contributed by atoms with Crippen molar-refractivity contribution in [1.29, 1.82) is 0 Å². The third-order valence-electron chi connectivity index (χ3n) is 6.88. The lowest BCUT2D eigenvalue weighted by atomic mass is 9.75. The molecule has 9 heteroatoms. The number of carbonyl (C=O) groups is 4. The van der Waals surface area contributed by atoms with E-state index >= 15 is 0 Å². The molecule has 3 N–H and O–H groups in total. The summed E-state index contributed by atoms with van der Waals surface area (Å²) in [5.74, 6) is -2.32. The highest BCUT2D eigenvalue weighted by Gasteiger charge is 2.47. The molecule has 190 valence electrons. The van der Waals surface area contributed by atoms with Gasteiger partial charge in [0.25, 0.3) is 5.91 Å². The molecule has 0 radical (unpaired) electrons. The molecule has 1 aromatic carbocycles. The minimum atomic E-state index is -1.07. The van der Waals surface area contributed by atoms with Gasteiger partial charge in [-0.2, -0.15) is 0 Å². The first-order valence-electron chi connectivity index (χ1n) is 12.4. The quantitative estimate of drug-likeness (QED) is 0.431. The zero-order valence-corrected chi connectivity index (χ0v) is 20.2. The Balaban J connectivity index is 1.44. The number of benzene rings is 1. The molecule has 9 nitrogen and oxygen atoms in total. The Morgan fingerprint density at radius 1 is 1.00 bits per heavy atom. The van der Waals surface area contributed by atoms with Gasteiger partial charge in [-0.05, 0) is 49.8 Å². The second-order valence-corrected chi connectivity index (χ2v) is 9.40. The van der Waals surface area contributed by atoms with Crippen LogP contribution in [0, 0.1) is 5.92 Å². The Bertz CT molecular complexity index is 1070. The summed E-state index contributed by atoms with van der Waals surface area (Å²) in [5, 5.41) is 8.34. The van der Waals surface area contributed by atoms with Gasteiger partial charge in [0.05, 0.1) is 12.2 Å². The lowest BCUT2D eigenvalue weighted by Gasteiger charge is -2.42. The van der Waals surface area contributed by atoms with Crippen molar-refractivity contribution in [3.8, 4) is 0 Å². The summed E-state index contributed by atoms with van der Waals surface area (Å²) in [7, 11) is 0. The molecule has 1 aliphatic carbocycles. The fraction of sp³-hybridized carbons (Fsp3) is 0.444. The van der Waals surface area contributed by atoms with Crippen LogP contribution in [0.3, 0.4) is 0 Å². The summed E-state index contributed by atoms with van der Waals surface area (Å²) in [6.45, 7) is 1.15. The maximum Gasteiger partial charge on any atom is 0.289 e. The van der Waals surface area contributed by atoms with E-state index in [0.29, 0.717) is 44.6 Å². The van der Waals surface area contributed by atoms with Gasteiger partial charge in [-0.25, -0.2) is 0 Å². The Kier molecular flexibility index (Phi) is 8.43. The van der Waals surface area contributed by atoms with Crippen molar-refractivity contribution in [3.63, 3.8) is 0 Å². The van der Waals surface area contributed by atoms with Crippen molar-refractivity contribution in [3.05, 3.63) is 66.0 Å². The molecule has 3 amide bonds. The van der Waals surface area contributed by atoms with Crippen LogP contribution in [0.4, 0.5) is 0 Å². The molecule has 2 fully saturated rings. The number of Topliss-reactive ketones (excluding diaryl/α,β-unsaturated/α-hetero) is 1. The zero-order chi connectivity index (χ0) is 25.4. The van der Waals surface area contributed by atoms with Crippen molar-refractivity contribution < 1.29 is 23.9 Å². The number of nitrogens with zero attached hydrogens (tertiary/aromatic N) is 1. The van der Waals surface area contributed by atoms with E-state index in [9.17, 15) is 19.2 Å². The van der Waals surface area contributed by atoms with Crippen molar-refractivity contribution >= 4 is 23.5 Å². The molecule has 4 rings (SSSR count). The molecule has 1 atom stereocenters. The SMILES string of the molecule is O=C(NCc1ccccn1)C(=O)[C@@H](Cc1ccccc1)NC(=O)C1(NC(=O)C2CCOCC2)CCC1. The first-order chi connectivity index (χ1) is 17.5. The average molecular weight is 493 g/mol. The van der Waals surface area contributed by atoms with Crippen LogP contribution < -0.4 is 16.0 Å². The predicted octanol–water partition coefficient (Wildman–Crippen LogP) is 1.46. The highest BCUT2D eigenvalue weighted by Crippen LogP contribution is 2.33. The van der Waals surface area contributed by atoms with Crippen LogP contribution in [0.25, 0.3) is 0 Å². The lowest BCUT2D eigenvalue weighted by Crippen LogP contribution is -2.66. The predicted molar refractivity (Wildman–Crippen MR) is 131 cm³/mol. The molecule has 0 bridgehead atoms. The third-order valence-corrected chi connectivity index (χ3v) is 6.88. The highest BCUT2D eigenvalue weighted by molar-refractivity contribution is 6.38. The van der Waals surface area contributed by atoms with Gasteiger partial charge in [-0.1, -0.05) is 36.4 Å². The number of pyridine rings is 1. The highest BCUT2D eigenvalue weighted by atomic mass is 16.5. The van der Waals surface area contributed by atoms with Gasteiger partial charge in [0.2, 0.25) is 17.6 Å². The molecule has 0 unspecified atom stereocenters. The van der Waals surface area contributed by atoms with Crippen LogP contribution in [-0.2, 0) is 36.9 Å². The average Bonchev–Trinajstić information content (AvgIpc) is 2.90. The van der Waals surface area contributed by atoms with Gasteiger partial charge < -0.3 is 20.7 Å². The van der Waals surface area contributed by atoms with Gasteiger partial charge in [0, 0.05) is 31.7 Å². The number of carbonyl (C=O) groups excluding carboxylic acids is 4. The van der Waals surface area contributed by atoms with E-state index in [1.165, 1.54) is 0 Å². The molecule has 2 aliphatic rings. The molecule has 2 aromatic rings. The molecule has 1 aliphatic heterocycles. The molecule has 0 spiro atoms. The van der Waals surface area contributed by atoms with E-state index in [-0.39, 0.29) is 24.8 Å². The van der Waals surface area contributed by atoms with Crippen LogP contribution >= 0.6 is 0 Å². The topological polar surface area (TPSA) is 126 Å². The van der Waals surface area contributed by atoms with Crippen molar-refractivity contribution in [2.45, 2.75) is 56.7 Å². The molecular weight excluding hydrogens is 460 g/mol. The van der Waals surface area contributed by atoms with E-state index in [2.05, 4.69) is 20.9 Å². The molecule has 1 saturated heterocycles. The summed E-state index contributed by atoms with van der Waals surface area (Å²) >= 11 is 0. The van der Waals surface area contributed by atoms with Crippen molar-refractivity contribution in [1.82, 2.24) is 20.9 Å². The fourth-order valence-electron chi connectivity index (χ4n) is 4.51. The van der Waals surface area contributed by atoms with Gasteiger partial charge in [0.15, 0.2) is 0 Å². The number of ketones is 1. The van der Waals surface area contributed by atoms with Crippen molar-refractivity contribution in [2.75, 3.05) is 13.2 Å². The summed E-state index contributed by atoms with van der Waals surface area (Å²) in [6.07, 6.45) is 4.78. The normalized spacial score (nSPS) is 17.8. The van der Waals surface area contributed by atoms with Crippen LogP contribution in [0.2, 0.25) is 0 Å². The fourth-order valence-corrected chi connectivity index (χ4v) is 4.51. The van der Waals surface area contributed by atoms with Crippen LogP contribution in [0.15, 0.2) is 54.7 Å². The summed E-state index contributed by atoms with van der Waals surface area (Å²) < 4.78 is 5.34. The number of amides is 3. The van der Waals surface area contributed by atoms with Crippen LogP contribution in [0.1, 0.15) is 43.4 Å². The molecule has 2 heterocycles. The largest absolute Gasteiger partial charge is 0.381 e.